The highest BCUT2D eigenvalue weighted by atomic mass is 35.5. The molecule has 6 aromatic rings. The van der Waals surface area contributed by atoms with Crippen molar-refractivity contribution in [2.24, 2.45) is 0 Å². The van der Waals surface area contributed by atoms with E-state index in [9.17, 15) is 22.7 Å². The molecule has 42 heavy (non-hydrogen) atoms. The van der Waals surface area contributed by atoms with Crippen molar-refractivity contribution in [3.63, 3.8) is 0 Å². The molecule has 0 bridgehead atoms. The zero-order valence-corrected chi connectivity index (χ0v) is 24.8. The van der Waals surface area contributed by atoms with E-state index in [0.29, 0.717) is 38.9 Å². The van der Waals surface area contributed by atoms with Crippen LogP contribution in [0.15, 0.2) is 101 Å². The molecule has 0 saturated heterocycles. The Morgan fingerprint density at radius 2 is 1.62 bits per heavy atom. The van der Waals surface area contributed by atoms with Gasteiger partial charge in [-0.15, -0.1) is 11.3 Å². The van der Waals surface area contributed by atoms with E-state index in [1.165, 1.54) is 45.6 Å². The summed E-state index contributed by atoms with van der Waals surface area (Å²) < 4.78 is 44.9. The number of hydrogen-bond acceptors (Lipinski definition) is 4. The molecule has 0 unspecified atom stereocenters. The molecule has 0 saturated carbocycles. The molecule has 0 fully saturated rings. The fourth-order valence-electron chi connectivity index (χ4n) is 5.20. The zero-order valence-electron chi connectivity index (χ0n) is 22.4. The second-order valence-corrected chi connectivity index (χ2v) is 13.3. The van der Waals surface area contributed by atoms with Gasteiger partial charge in [0.25, 0.3) is 10.0 Å². The average molecular weight is 616 g/mol. The minimum atomic E-state index is -4.15. The quantitative estimate of drug-likeness (QED) is 0.203. The van der Waals surface area contributed by atoms with E-state index in [1.54, 1.807) is 42.5 Å². The first-order valence-electron chi connectivity index (χ1n) is 12.9. The molecule has 0 radical (unpaired) electrons. The van der Waals surface area contributed by atoms with Gasteiger partial charge in [0, 0.05) is 32.0 Å². The predicted molar refractivity (Wildman–Crippen MR) is 167 cm³/mol. The molecule has 0 spiro atoms. The third-order valence-corrected chi connectivity index (χ3v) is 10.1. The summed E-state index contributed by atoms with van der Waals surface area (Å²) in [5.74, 6) is -1.57. The van der Waals surface area contributed by atoms with Crippen LogP contribution in [-0.2, 0) is 10.0 Å². The van der Waals surface area contributed by atoms with E-state index < -0.39 is 21.8 Å². The lowest BCUT2D eigenvalue weighted by molar-refractivity contribution is 0.0697. The third kappa shape index (κ3) is 4.71. The van der Waals surface area contributed by atoms with Crippen LogP contribution >= 0.6 is 22.9 Å². The number of benzene rings is 4. The number of thiophene rings is 1. The first-order chi connectivity index (χ1) is 20.1. The molecule has 2 heterocycles. The van der Waals surface area contributed by atoms with Gasteiger partial charge in [0.2, 0.25) is 0 Å². The first kappa shape index (κ1) is 27.9. The number of carbonyl (C=O) groups is 1. The number of hydrogen-bond donors (Lipinski definition) is 1. The average Bonchev–Trinajstić information content (AvgIpc) is 3.53. The number of aryl methyl sites for hydroxylation is 2. The van der Waals surface area contributed by atoms with Gasteiger partial charge in [0.1, 0.15) is 5.82 Å². The highest BCUT2D eigenvalue weighted by Gasteiger charge is 2.30. The largest absolute Gasteiger partial charge is 0.478 e. The number of aromatic carboxylic acids is 1. The van der Waals surface area contributed by atoms with E-state index in [2.05, 4.69) is 0 Å². The molecule has 0 amide bonds. The lowest BCUT2D eigenvalue weighted by Gasteiger charge is -2.15. The summed E-state index contributed by atoms with van der Waals surface area (Å²) in [6.45, 7) is 3.83. The van der Waals surface area contributed by atoms with E-state index >= 15 is 0 Å². The van der Waals surface area contributed by atoms with Crippen LogP contribution in [0.5, 0.6) is 0 Å². The molecule has 9 heteroatoms. The first-order valence-corrected chi connectivity index (χ1v) is 15.6. The van der Waals surface area contributed by atoms with Gasteiger partial charge in [-0.3, -0.25) is 0 Å². The van der Waals surface area contributed by atoms with Crippen molar-refractivity contribution >= 4 is 49.8 Å². The van der Waals surface area contributed by atoms with Crippen molar-refractivity contribution in [1.82, 2.24) is 3.97 Å². The molecule has 5 nitrogen and oxygen atoms in total. The standard InChI is InChI=1S/C33H23ClFNO4S2/c1-19-6-10-25(11-7-19)42(39,40)36-30-13-9-24(35)18-28(30)31(26-14-15-41-20(26)2)32(36)22-5-3-4-21(16-22)27-12-8-23(33(37)38)17-29(27)34/h3-18H,1-2H3,(H,37,38). The Hall–Kier alpha value is -4.24. The molecule has 0 aliphatic heterocycles. The Morgan fingerprint density at radius 1 is 0.881 bits per heavy atom. The Balaban J connectivity index is 1.71. The molecule has 0 atom stereocenters. The lowest BCUT2D eigenvalue weighted by atomic mass is 9.96. The number of carboxylic acids is 1. The van der Waals surface area contributed by atoms with Gasteiger partial charge in [0.15, 0.2) is 0 Å². The maximum Gasteiger partial charge on any atom is 0.335 e. The van der Waals surface area contributed by atoms with Gasteiger partial charge in [-0.05, 0) is 85.0 Å². The van der Waals surface area contributed by atoms with Gasteiger partial charge < -0.3 is 5.11 Å². The van der Waals surface area contributed by atoms with Crippen LogP contribution in [0.4, 0.5) is 4.39 Å². The number of rotatable bonds is 6. The van der Waals surface area contributed by atoms with Gasteiger partial charge in [-0.1, -0.05) is 53.6 Å². The Morgan fingerprint density at radius 3 is 2.29 bits per heavy atom. The SMILES string of the molecule is Cc1ccc(S(=O)(=O)n2c(-c3cccc(-c4ccc(C(=O)O)cc4Cl)c3)c(-c3ccsc3C)c3cc(F)ccc32)cc1. The van der Waals surface area contributed by atoms with Crippen molar-refractivity contribution in [1.29, 1.82) is 0 Å². The Bertz CT molecular complexity index is 2130. The van der Waals surface area contributed by atoms with Gasteiger partial charge >= 0.3 is 5.97 Å². The maximum atomic E-state index is 14.8. The number of aromatic nitrogens is 1. The maximum absolute atomic E-state index is 14.8. The van der Waals surface area contributed by atoms with Crippen LogP contribution in [0.1, 0.15) is 20.8 Å². The minimum absolute atomic E-state index is 0.0569. The molecule has 0 aliphatic carbocycles. The summed E-state index contributed by atoms with van der Waals surface area (Å²) in [6.07, 6.45) is 0. The van der Waals surface area contributed by atoms with Crippen LogP contribution in [0.25, 0.3) is 44.4 Å². The van der Waals surface area contributed by atoms with Crippen molar-refractivity contribution in [3.8, 4) is 33.5 Å². The number of halogens is 2. The fraction of sp³-hybridized carbons (Fsp3) is 0.0606. The van der Waals surface area contributed by atoms with Crippen molar-refractivity contribution in [2.45, 2.75) is 18.7 Å². The number of carboxylic acid groups (broad SMARTS) is 1. The Kier molecular flexibility index (Phi) is 7.01. The monoisotopic (exact) mass is 615 g/mol. The highest BCUT2D eigenvalue weighted by Crippen LogP contribution is 2.46. The second-order valence-electron chi connectivity index (χ2n) is 9.94. The molecule has 6 rings (SSSR count). The summed E-state index contributed by atoms with van der Waals surface area (Å²) in [6, 6.07) is 24.4. The zero-order chi connectivity index (χ0) is 29.8. The summed E-state index contributed by atoms with van der Waals surface area (Å²) in [4.78, 5) is 12.5. The molecule has 1 N–H and O–H groups in total. The minimum Gasteiger partial charge on any atom is -0.478 e. The molecular formula is C33H23ClFNO4S2. The van der Waals surface area contributed by atoms with Crippen LogP contribution in [0, 0.1) is 19.7 Å². The van der Waals surface area contributed by atoms with E-state index in [-0.39, 0.29) is 15.5 Å². The van der Waals surface area contributed by atoms with E-state index in [1.807, 2.05) is 37.4 Å². The molecular weight excluding hydrogens is 593 g/mol. The van der Waals surface area contributed by atoms with Gasteiger partial charge in [0.05, 0.1) is 21.7 Å². The number of nitrogens with zero attached hydrogens (tertiary/aromatic N) is 1. The Labute approximate surface area is 251 Å². The van der Waals surface area contributed by atoms with Crippen molar-refractivity contribution in [2.75, 3.05) is 0 Å². The fourth-order valence-corrected chi connectivity index (χ4v) is 7.74. The van der Waals surface area contributed by atoms with Crippen LogP contribution in [0.3, 0.4) is 0 Å². The normalized spacial score (nSPS) is 11.7. The highest BCUT2D eigenvalue weighted by molar-refractivity contribution is 7.90. The third-order valence-electron chi connectivity index (χ3n) is 7.24. The molecule has 2 aromatic heterocycles. The van der Waals surface area contributed by atoms with Crippen LogP contribution in [0.2, 0.25) is 5.02 Å². The van der Waals surface area contributed by atoms with Crippen LogP contribution < -0.4 is 0 Å². The summed E-state index contributed by atoms with van der Waals surface area (Å²) in [5, 5.41) is 12.0. The second kappa shape index (κ2) is 10.5. The summed E-state index contributed by atoms with van der Waals surface area (Å²) >= 11 is 8.03. The number of fused-ring (bicyclic) bond motifs is 1. The smallest absolute Gasteiger partial charge is 0.335 e. The predicted octanol–water partition coefficient (Wildman–Crippen LogP) is 9.05. The van der Waals surface area contributed by atoms with Crippen LogP contribution in [-0.4, -0.2) is 23.5 Å². The van der Waals surface area contributed by atoms with E-state index in [0.717, 1.165) is 16.0 Å². The van der Waals surface area contributed by atoms with Crippen molar-refractivity contribution < 1.29 is 22.7 Å². The van der Waals surface area contributed by atoms with Gasteiger partial charge in [-0.25, -0.2) is 21.6 Å². The summed E-state index contributed by atoms with van der Waals surface area (Å²) in [5.41, 5.74) is 4.94. The van der Waals surface area contributed by atoms with Gasteiger partial charge in [-0.2, -0.15) is 0 Å². The van der Waals surface area contributed by atoms with Crippen molar-refractivity contribution in [3.05, 3.63) is 123 Å². The molecule has 0 aliphatic rings. The molecule has 210 valence electrons. The lowest BCUT2D eigenvalue weighted by Crippen LogP contribution is -2.14. The van der Waals surface area contributed by atoms with E-state index in [4.69, 9.17) is 11.6 Å². The summed E-state index contributed by atoms with van der Waals surface area (Å²) in [7, 11) is -4.15. The topological polar surface area (TPSA) is 76.4 Å². The molecule has 4 aromatic carbocycles.